The Hall–Kier alpha value is -1.86. The van der Waals surface area contributed by atoms with Gasteiger partial charge in [0.05, 0.1) is 11.7 Å². The van der Waals surface area contributed by atoms with Crippen molar-refractivity contribution in [1.82, 2.24) is 5.32 Å². The second-order valence-electron chi connectivity index (χ2n) is 4.36. The van der Waals surface area contributed by atoms with Crippen LogP contribution < -0.4 is 5.32 Å². The van der Waals surface area contributed by atoms with E-state index in [4.69, 9.17) is 0 Å². The third-order valence-corrected chi connectivity index (χ3v) is 3.56. The Kier molecular flexibility index (Phi) is 4.64. The smallest absolute Gasteiger partial charge is 0.387 e. The van der Waals surface area contributed by atoms with Gasteiger partial charge >= 0.3 is 6.18 Å². The van der Waals surface area contributed by atoms with Crippen LogP contribution in [0.25, 0.3) is 0 Å². The summed E-state index contributed by atoms with van der Waals surface area (Å²) in [5, 5.41) is 15.8. The van der Waals surface area contributed by atoms with Crippen molar-refractivity contribution in [3.8, 4) is 0 Å². The minimum absolute atomic E-state index is 0.00338. The molecule has 2 rings (SSSR count). The summed E-state index contributed by atoms with van der Waals surface area (Å²) in [4.78, 5) is 11.8. The van der Waals surface area contributed by atoms with Crippen LogP contribution in [-0.2, 0) is 6.18 Å². The van der Waals surface area contributed by atoms with Crippen molar-refractivity contribution in [1.29, 1.82) is 0 Å². The predicted octanol–water partition coefficient (Wildman–Crippen LogP) is 3.23. The van der Waals surface area contributed by atoms with Gasteiger partial charge in [0.15, 0.2) is 0 Å². The molecule has 0 saturated heterocycles. The van der Waals surface area contributed by atoms with Crippen molar-refractivity contribution in [3.63, 3.8) is 0 Å². The van der Waals surface area contributed by atoms with Gasteiger partial charge < -0.3 is 10.4 Å². The molecule has 21 heavy (non-hydrogen) atoms. The van der Waals surface area contributed by atoms with E-state index in [1.54, 1.807) is 16.8 Å². The maximum Gasteiger partial charge on any atom is 0.416 e. The van der Waals surface area contributed by atoms with Gasteiger partial charge in [-0.15, -0.1) is 0 Å². The number of carbonyl (C=O) groups is 1. The number of rotatable bonds is 4. The minimum atomic E-state index is -4.43. The molecule has 1 aromatic heterocycles. The Bertz CT molecular complexity index is 594. The molecular formula is C14H12F3NO2S. The standard InChI is InChI=1S/C14H12F3NO2S/c15-14(16,17)11-3-1-9(2-4-11)13(20)18-7-12(19)10-5-6-21-8-10/h1-6,8,12,19H,7H2,(H,18,20). The molecule has 0 radical (unpaired) electrons. The number of hydrogen-bond acceptors (Lipinski definition) is 3. The molecule has 0 bridgehead atoms. The molecule has 0 saturated carbocycles. The Morgan fingerprint density at radius 3 is 2.43 bits per heavy atom. The summed E-state index contributed by atoms with van der Waals surface area (Å²) in [5.41, 5.74) is -0.00871. The van der Waals surface area contributed by atoms with Crippen LogP contribution in [0, 0.1) is 0 Å². The summed E-state index contributed by atoms with van der Waals surface area (Å²) >= 11 is 1.42. The Labute approximate surface area is 123 Å². The molecule has 2 aromatic rings. The molecule has 1 heterocycles. The molecule has 0 fully saturated rings. The van der Waals surface area contributed by atoms with E-state index in [0.717, 1.165) is 24.3 Å². The van der Waals surface area contributed by atoms with Gasteiger partial charge in [0.25, 0.3) is 5.91 Å². The third-order valence-electron chi connectivity index (χ3n) is 2.86. The van der Waals surface area contributed by atoms with Gasteiger partial charge in [0.1, 0.15) is 0 Å². The number of carbonyl (C=O) groups excluding carboxylic acids is 1. The van der Waals surface area contributed by atoms with E-state index in [1.165, 1.54) is 11.3 Å². The van der Waals surface area contributed by atoms with E-state index in [9.17, 15) is 23.1 Å². The summed E-state index contributed by atoms with van der Waals surface area (Å²) in [6, 6.07) is 5.65. The molecule has 3 nitrogen and oxygen atoms in total. The Morgan fingerprint density at radius 1 is 1.24 bits per heavy atom. The normalized spacial score (nSPS) is 13.0. The SMILES string of the molecule is O=C(NCC(O)c1ccsc1)c1ccc(C(F)(F)F)cc1. The molecule has 2 N–H and O–H groups in total. The quantitative estimate of drug-likeness (QED) is 0.910. The maximum atomic E-state index is 12.4. The van der Waals surface area contributed by atoms with Crippen LogP contribution in [0.4, 0.5) is 13.2 Å². The number of halogens is 3. The number of alkyl halides is 3. The fourth-order valence-corrected chi connectivity index (χ4v) is 2.39. The molecule has 0 spiro atoms. The van der Waals surface area contributed by atoms with Crippen molar-refractivity contribution in [3.05, 3.63) is 57.8 Å². The van der Waals surface area contributed by atoms with Crippen LogP contribution in [-0.4, -0.2) is 17.6 Å². The first-order valence-corrected chi connectivity index (χ1v) is 6.98. The van der Waals surface area contributed by atoms with Gasteiger partial charge in [-0.3, -0.25) is 4.79 Å². The summed E-state index contributed by atoms with van der Waals surface area (Å²) in [7, 11) is 0. The number of amides is 1. The van der Waals surface area contributed by atoms with Crippen LogP contribution >= 0.6 is 11.3 Å². The number of thiophene rings is 1. The Morgan fingerprint density at radius 2 is 1.90 bits per heavy atom. The number of aliphatic hydroxyl groups excluding tert-OH is 1. The van der Waals surface area contributed by atoms with E-state index in [-0.39, 0.29) is 12.1 Å². The van der Waals surface area contributed by atoms with Crippen LogP contribution in [0.5, 0.6) is 0 Å². The topological polar surface area (TPSA) is 49.3 Å². The molecule has 112 valence electrons. The fourth-order valence-electron chi connectivity index (χ4n) is 1.68. The molecule has 7 heteroatoms. The molecule has 0 aliphatic heterocycles. The summed E-state index contributed by atoms with van der Waals surface area (Å²) in [5.74, 6) is -0.530. The first-order valence-electron chi connectivity index (χ1n) is 6.03. The third kappa shape index (κ3) is 4.05. The van der Waals surface area contributed by atoms with Crippen LogP contribution in [0.1, 0.15) is 27.6 Å². The molecule has 1 aromatic carbocycles. The lowest BCUT2D eigenvalue weighted by Crippen LogP contribution is -2.28. The summed E-state index contributed by atoms with van der Waals surface area (Å²) < 4.78 is 37.2. The van der Waals surface area contributed by atoms with E-state index < -0.39 is 23.8 Å². The number of aliphatic hydroxyl groups is 1. The van der Waals surface area contributed by atoms with E-state index in [1.807, 2.05) is 0 Å². The molecule has 1 amide bonds. The lowest BCUT2D eigenvalue weighted by atomic mass is 10.1. The van der Waals surface area contributed by atoms with Crippen molar-refractivity contribution in [2.24, 2.45) is 0 Å². The van der Waals surface area contributed by atoms with Crippen molar-refractivity contribution >= 4 is 17.2 Å². The summed E-state index contributed by atoms with van der Waals surface area (Å²) in [6.07, 6.45) is -5.26. The number of hydrogen-bond donors (Lipinski definition) is 2. The lowest BCUT2D eigenvalue weighted by molar-refractivity contribution is -0.137. The largest absolute Gasteiger partial charge is 0.416 e. The van der Waals surface area contributed by atoms with Crippen LogP contribution in [0.15, 0.2) is 41.1 Å². The maximum absolute atomic E-state index is 12.4. The van der Waals surface area contributed by atoms with E-state index in [0.29, 0.717) is 5.56 Å². The molecule has 1 atom stereocenters. The van der Waals surface area contributed by atoms with Gasteiger partial charge in [-0.25, -0.2) is 0 Å². The van der Waals surface area contributed by atoms with Gasteiger partial charge in [-0.05, 0) is 46.7 Å². The molecule has 1 unspecified atom stereocenters. The zero-order valence-electron chi connectivity index (χ0n) is 10.7. The van der Waals surface area contributed by atoms with Crippen LogP contribution in [0.3, 0.4) is 0 Å². The zero-order chi connectivity index (χ0) is 15.5. The van der Waals surface area contributed by atoms with E-state index >= 15 is 0 Å². The van der Waals surface area contributed by atoms with Gasteiger partial charge in [-0.2, -0.15) is 24.5 Å². The molecule has 0 aliphatic carbocycles. The molecular weight excluding hydrogens is 303 g/mol. The molecule has 0 aliphatic rings. The Balaban J connectivity index is 1.94. The van der Waals surface area contributed by atoms with Crippen molar-refractivity contribution < 1.29 is 23.1 Å². The van der Waals surface area contributed by atoms with Crippen molar-refractivity contribution in [2.45, 2.75) is 12.3 Å². The fraction of sp³-hybridized carbons (Fsp3) is 0.214. The zero-order valence-corrected chi connectivity index (χ0v) is 11.5. The second kappa shape index (κ2) is 6.28. The highest BCUT2D eigenvalue weighted by molar-refractivity contribution is 7.07. The monoisotopic (exact) mass is 315 g/mol. The number of nitrogens with one attached hydrogen (secondary N) is 1. The first kappa shape index (κ1) is 15.5. The minimum Gasteiger partial charge on any atom is -0.387 e. The van der Waals surface area contributed by atoms with Crippen molar-refractivity contribution in [2.75, 3.05) is 6.54 Å². The highest BCUT2D eigenvalue weighted by Crippen LogP contribution is 2.29. The van der Waals surface area contributed by atoms with E-state index in [2.05, 4.69) is 5.32 Å². The average molecular weight is 315 g/mol. The van der Waals surface area contributed by atoms with Gasteiger partial charge in [0, 0.05) is 12.1 Å². The van der Waals surface area contributed by atoms with Gasteiger partial charge in [-0.1, -0.05) is 0 Å². The highest BCUT2D eigenvalue weighted by Gasteiger charge is 2.30. The second-order valence-corrected chi connectivity index (χ2v) is 5.14. The highest BCUT2D eigenvalue weighted by atomic mass is 32.1. The number of benzene rings is 1. The average Bonchev–Trinajstić information content (AvgIpc) is 2.98. The predicted molar refractivity (Wildman–Crippen MR) is 73.1 cm³/mol. The first-order chi connectivity index (χ1) is 9.88. The summed E-state index contributed by atoms with van der Waals surface area (Å²) in [6.45, 7) is -0.00338. The van der Waals surface area contributed by atoms with Gasteiger partial charge in [0.2, 0.25) is 0 Å². The van der Waals surface area contributed by atoms with Crippen LogP contribution in [0.2, 0.25) is 0 Å². The lowest BCUT2D eigenvalue weighted by Gasteiger charge is -2.11.